The summed E-state index contributed by atoms with van der Waals surface area (Å²) >= 11 is 5.96. The number of nitrogen functional groups attached to an aromatic ring is 1. The lowest BCUT2D eigenvalue weighted by atomic mass is 9.88. The van der Waals surface area contributed by atoms with Gasteiger partial charge in [-0.15, -0.1) is 0 Å². The van der Waals surface area contributed by atoms with Gasteiger partial charge in [-0.25, -0.2) is 0 Å². The first-order chi connectivity index (χ1) is 8.99. The zero-order chi connectivity index (χ0) is 14.0. The number of carboxylic acids is 1. The predicted molar refractivity (Wildman–Crippen MR) is 73.3 cm³/mol. The Morgan fingerprint density at radius 2 is 2.32 bits per heavy atom. The second-order valence-corrected chi connectivity index (χ2v) is 4.79. The number of nitrogens with two attached hydrogens (primary N) is 1. The van der Waals surface area contributed by atoms with Crippen molar-refractivity contribution < 1.29 is 9.90 Å². The van der Waals surface area contributed by atoms with E-state index >= 15 is 0 Å². The molecule has 1 heterocycles. The number of benzene rings is 1. The van der Waals surface area contributed by atoms with Gasteiger partial charge < -0.3 is 10.8 Å². The summed E-state index contributed by atoms with van der Waals surface area (Å²) < 4.78 is 0. The molecule has 0 spiro atoms. The maximum Gasteiger partial charge on any atom is 0.304 e. The third-order valence-electron chi connectivity index (χ3n) is 3.00. The molecule has 0 bridgehead atoms. The van der Waals surface area contributed by atoms with Crippen molar-refractivity contribution in [2.75, 3.05) is 5.73 Å². The van der Waals surface area contributed by atoms with Gasteiger partial charge in [0.05, 0.1) is 6.42 Å². The fourth-order valence-corrected chi connectivity index (χ4v) is 2.38. The van der Waals surface area contributed by atoms with E-state index in [-0.39, 0.29) is 12.3 Å². The summed E-state index contributed by atoms with van der Waals surface area (Å²) in [7, 11) is 0. The summed E-state index contributed by atoms with van der Waals surface area (Å²) in [5.41, 5.74) is 8.12. The van der Waals surface area contributed by atoms with Crippen molar-refractivity contribution in [1.29, 1.82) is 0 Å². The molecule has 4 N–H and O–H groups in total. The number of aryl methyl sites for hydroxylation is 1. The Bertz CT molecular complexity index is 590. The normalized spacial score (nSPS) is 12.3. The number of H-pyrrole nitrogens is 1. The minimum absolute atomic E-state index is 0.0646. The average Bonchev–Trinajstić information content (AvgIpc) is 2.66. The van der Waals surface area contributed by atoms with Crippen LogP contribution in [0.4, 0.5) is 5.82 Å². The SMILES string of the molecule is Cc1[nH]nc(N)c1C(CC(=O)O)c1cccc(Cl)c1. The van der Waals surface area contributed by atoms with Gasteiger partial charge >= 0.3 is 5.97 Å². The summed E-state index contributed by atoms with van der Waals surface area (Å²) in [6.07, 6.45) is -0.0646. The van der Waals surface area contributed by atoms with Gasteiger partial charge in [0.1, 0.15) is 5.82 Å². The minimum atomic E-state index is -0.898. The van der Waals surface area contributed by atoms with Crippen LogP contribution in [-0.4, -0.2) is 21.3 Å². The van der Waals surface area contributed by atoms with Crippen molar-refractivity contribution in [3.8, 4) is 0 Å². The van der Waals surface area contributed by atoms with Gasteiger partial charge in [-0.1, -0.05) is 23.7 Å². The number of halogens is 1. The lowest BCUT2D eigenvalue weighted by molar-refractivity contribution is -0.137. The number of anilines is 1. The molecule has 1 atom stereocenters. The van der Waals surface area contributed by atoms with Crippen LogP contribution < -0.4 is 5.73 Å². The first kappa shape index (κ1) is 13.4. The monoisotopic (exact) mass is 279 g/mol. The fraction of sp³-hybridized carbons (Fsp3) is 0.231. The summed E-state index contributed by atoms with van der Waals surface area (Å²) in [5.74, 6) is -0.941. The molecule has 0 aliphatic heterocycles. The molecule has 1 unspecified atom stereocenters. The smallest absolute Gasteiger partial charge is 0.304 e. The molecule has 0 amide bonds. The number of aromatic nitrogens is 2. The molecule has 100 valence electrons. The van der Waals surface area contributed by atoms with Crippen LogP contribution in [0.2, 0.25) is 5.02 Å². The number of aliphatic carboxylic acids is 1. The molecular formula is C13H14ClN3O2. The molecule has 0 radical (unpaired) electrons. The first-order valence-corrected chi connectivity index (χ1v) is 6.14. The van der Waals surface area contributed by atoms with E-state index in [0.717, 1.165) is 11.3 Å². The van der Waals surface area contributed by atoms with E-state index in [1.54, 1.807) is 18.2 Å². The number of hydrogen-bond acceptors (Lipinski definition) is 3. The van der Waals surface area contributed by atoms with Crippen LogP contribution in [0.3, 0.4) is 0 Å². The molecule has 6 heteroatoms. The van der Waals surface area contributed by atoms with Gasteiger partial charge in [0.15, 0.2) is 0 Å². The Morgan fingerprint density at radius 1 is 1.58 bits per heavy atom. The Balaban J connectivity index is 2.50. The van der Waals surface area contributed by atoms with Crippen LogP contribution in [0.25, 0.3) is 0 Å². The number of carboxylic acid groups (broad SMARTS) is 1. The average molecular weight is 280 g/mol. The standard InChI is InChI=1S/C13H14ClN3O2/c1-7-12(13(15)17-16-7)10(6-11(18)19)8-3-2-4-9(14)5-8/h2-5,10H,6H2,1H3,(H,18,19)(H3,15,16,17). The molecule has 19 heavy (non-hydrogen) atoms. The predicted octanol–water partition coefficient (Wildman–Crippen LogP) is 2.56. The van der Waals surface area contributed by atoms with Crippen LogP contribution in [0.5, 0.6) is 0 Å². The highest BCUT2D eigenvalue weighted by molar-refractivity contribution is 6.30. The molecule has 1 aromatic carbocycles. The van der Waals surface area contributed by atoms with Gasteiger partial charge in [-0.3, -0.25) is 9.89 Å². The van der Waals surface area contributed by atoms with Crippen LogP contribution >= 0.6 is 11.6 Å². The second kappa shape index (κ2) is 5.32. The molecular weight excluding hydrogens is 266 g/mol. The highest BCUT2D eigenvalue weighted by Gasteiger charge is 2.24. The van der Waals surface area contributed by atoms with Crippen molar-refractivity contribution >= 4 is 23.4 Å². The van der Waals surface area contributed by atoms with E-state index < -0.39 is 5.97 Å². The van der Waals surface area contributed by atoms with E-state index in [1.807, 2.05) is 13.0 Å². The summed E-state index contributed by atoms with van der Waals surface area (Å²) in [4.78, 5) is 11.1. The van der Waals surface area contributed by atoms with E-state index in [9.17, 15) is 4.79 Å². The number of rotatable bonds is 4. The van der Waals surface area contributed by atoms with Crippen molar-refractivity contribution in [2.45, 2.75) is 19.3 Å². The lowest BCUT2D eigenvalue weighted by Gasteiger charge is -2.16. The highest BCUT2D eigenvalue weighted by Crippen LogP contribution is 2.34. The van der Waals surface area contributed by atoms with Gasteiger partial charge in [-0.05, 0) is 24.6 Å². The molecule has 2 rings (SSSR count). The van der Waals surface area contributed by atoms with Crippen LogP contribution in [0.1, 0.15) is 29.2 Å². The number of nitrogens with one attached hydrogen (secondary N) is 1. The van der Waals surface area contributed by atoms with Crippen molar-refractivity contribution in [3.63, 3.8) is 0 Å². The van der Waals surface area contributed by atoms with Gasteiger partial charge in [0.25, 0.3) is 0 Å². The molecule has 2 aromatic rings. The van der Waals surface area contributed by atoms with E-state index in [0.29, 0.717) is 16.4 Å². The van der Waals surface area contributed by atoms with Gasteiger partial charge in [-0.2, -0.15) is 5.10 Å². The maximum absolute atomic E-state index is 11.1. The summed E-state index contributed by atoms with van der Waals surface area (Å²) in [6, 6.07) is 7.12. The van der Waals surface area contributed by atoms with E-state index in [4.69, 9.17) is 22.4 Å². The van der Waals surface area contributed by atoms with Gasteiger partial charge in [0, 0.05) is 22.2 Å². The summed E-state index contributed by atoms with van der Waals surface area (Å²) in [5, 5.41) is 16.3. The third-order valence-corrected chi connectivity index (χ3v) is 3.24. The zero-order valence-corrected chi connectivity index (χ0v) is 11.1. The molecule has 1 aromatic heterocycles. The van der Waals surface area contributed by atoms with Crippen LogP contribution in [0.15, 0.2) is 24.3 Å². The molecule has 0 aliphatic carbocycles. The minimum Gasteiger partial charge on any atom is -0.481 e. The summed E-state index contributed by atoms with van der Waals surface area (Å²) in [6.45, 7) is 1.82. The lowest BCUT2D eigenvalue weighted by Crippen LogP contribution is -2.10. The zero-order valence-electron chi connectivity index (χ0n) is 10.4. The third kappa shape index (κ3) is 2.88. The van der Waals surface area contributed by atoms with E-state index in [1.165, 1.54) is 0 Å². The fourth-order valence-electron chi connectivity index (χ4n) is 2.18. The quantitative estimate of drug-likeness (QED) is 0.802. The number of carbonyl (C=O) groups is 1. The van der Waals surface area contributed by atoms with Gasteiger partial charge in [0.2, 0.25) is 0 Å². The van der Waals surface area contributed by atoms with Crippen molar-refractivity contribution in [2.24, 2.45) is 0 Å². The van der Waals surface area contributed by atoms with Crippen LogP contribution in [-0.2, 0) is 4.79 Å². The molecule has 0 fully saturated rings. The number of nitrogens with zero attached hydrogens (tertiary/aromatic N) is 1. The molecule has 0 saturated heterocycles. The Morgan fingerprint density at radius 3 is 2.84 bits per heavy atom. The van der Waals surface area contributed by atoms with Crippen LogP contribution in [0, 0.1) is 6.92 Å². The molecule has 0 saturated carbocycles. The van der Waals surface area contributed by atoms with Crippen molar-refractivity contribution in [1.82, 2.24) is 10.2 Å². The Labute approximate surface area is 115 Å². The number of hydrogen-bond donors (Lipinski definition) is 3. The Hall–Kier alpha value is -2.01. The first-order valence-electron chi connectivity index (χ1n) is 5.76. The Kier molecular flexibility index (Phi) is 3.76. The highest BCUT2D eigenvalue weighted by atomic mass is 35.5. The number of aromatic amines is 1. The molecule has 0 aliphatic rings. The van der Waals surface area contributed by atoms with Crippen molar-refractivity contribution in [3.05, 3.63) is 46.1 Å². The molecule has 5 nitrogen and oxygen atoms in total. The topological polar surface area (TPSA) is 92.0 Å². The second-order valence-electron chi connectivity index (χ2n) is 4.35. The van der Waals surface area contributed by atoms with E-state index in [2.05, 4.69) is 10.2 Å². The largest absolute Gasteiger partial charge is 0.481 e. The maximum atomic E-state index is 11.1.